The Kier molecular flexibility index (Phi) is 5.02. The molecule has 1 amide bonds. The lowest BCUT2D eigenvalue weighted by Crippen LogP contribution is -2.50. The molecule has 2 aliphatic rings. The van der Waals surface area contributed by atoms with Gasteiger partial charge in [-0.2, -0.15) is 0 Å². The number of morpholine rings is 1. The second kappa shape index (κ2) is 5.84. The van der Waals surface area contributed by atoms with Gasteiger partial charge in [-0.15, -0.1) is 12.4 Å². The van der Waals surface area contributed by atoms with Gasteiger partial charge in [0, 0.05) is 19.6 Å². The first-order valence-electron chi connectivity index (χ1n) is 5.82. The van der Waals surface area contributed by atoms with Crippen LogP contribution in [0.2, 0.25) is 0 Å². The molecule has 0 spiro atoms. The summed E-state index contributed by atoms with van der Waals surface area (Å²) in [5.74, 6) is 0.504. The molecule has 5 heteroatoms. The number of rotatable bonds is 1. The summed E-state index contributed by atoms with van der Waals surface area (Å²) in [4.78, 5) is 14.1. The summed E-state index contributed by atoms with van der Waals surface area (Å²) in [6.07, 6.45) is 1.33. The lowest BCUT2D eigenvalue weighted by atomic mass is 10.1. The summed E-state index contributed by atoms with van der Waals surface area (Å²) >= 11 is 0. The highest BCUT2D eigenvalue weighted by atomic mass is 35.5. The van der Waals surface area contributed by atoms with Crippen molar-refractivity contribution in [3.63, 3.8) is 0 Å². The van der Waals surface area contributed by atoms with E-state index in [-0.39, 0.29) is 30.5 Å². The molecular formula is C11H21ClN2O2. The first kappa shape index (κ1) is 13.7. The van der Waals surface area contributed by atoms with Crippen LogP contribution in [0, 0.1) is 5.92 Å². The predicted molar refractivity (Wildman–Crippen MR) is 64.8 cm³/mol. The van der Waals surface area contributed by atoms with Gasteiger partial charge in [0.15, 0.2) is 0 Å². The molecule has 2 rings (SSSR count). The van der Waals surface area contributed by atoms with Gasteiger partial charge in [0.05, 0.1) is 18.1 Å². The van der Waals surface area contributed by atoms with Crippen LogP contribution in [0.4, 0.5) is 0 Å². The van der Waals surface area contributed by atoms with Crippen LogP contribution in [0.3, 0.4) is 0 Å². The molecule has 0 radical (unpaired) electrons. The van der Waals surface area contributed by atoms with Crippen molar-refractivity contribution in [3.05, 3.63) is 0 Å². The molecule has 2 unspecified atom stereocenters. The standard InChI is InChI=1S/C11H20N2O2.ClH/c1-8-6-13(7-9(2)15-8)11(14)10-3-4-12-5-10;/h8-10,12H,3-7H2,1-2H3;1H/t8?,9?,10-;/m0./s1. The van der Waals surface area contributed by atoms with Crippen molar-refractivity contribution in [2.75, 3.05) is 26.2 Å². The molecule has 2 fully saturated rings. The molecule has 2 saturated heterocycles. The van der Waals surface area contributed by atoms with Crippen LogP contribution in [0.25, 0.3) is 0 Å². The summed E-state index contributed by atoms with van der Waals surface area (Å²) in [6.45, 7) is 7.38. The van der Waals surface area contributed by atoms with Gasteiger partial charge in [-0.05, 0) is 26.8 Å². The number of hydrogen-bond acceptors (Lipinski definition) is 3. The average Bonchev–Trinajstić information content (AvgIpc) is 2.67. The highest BCUT2D eigenvalue weighted by molar-refractivity contribution is 5.85. The van der Waals surface area contributed by atoms with E-state index in [1.54, 1.807) is 0 Å². The Morgan fingerprint density at radius 2 is 1.94 bits per heavy atom. The molecule has 4 nitrogen and oxygen atoms in total. The molecule has 0 aromatic carbocycles. The summed E-state index contributed by atoms with van der Waals surface area (Å²) in [6, 6.07) is 0. The van der Waals surface area contributed by atoms with Crippen LogP contribution < -0.4 is 5.32 Å². The molecule has 1 N–H and O–H groups in total. The van der Waals surface area contributed by atoms with Gasteiger partial charge in [0.25, 0.3) is 0 Å². The van der Waals surface area contributed by atoms with Crippen molar-refractivity contribution >= 4 is 18.3 Å². The van der Waals surface area contributed by atoms with E-state index in [1.807, 2.05) is 18.7 Å². The Bertz CT molecular complexity index is 234. The van der Waals surface area contributed by atoms with Gasteiger partial charge < -0.3 is 15.0 Å². The van der Waals surface area contributed by atoms with Gasteiger partial charge in [0.2, 0.25) is 5.91 Å². The second-order valence-corrected chi connectivity index (χ2v) is 4.69. The summed E-state index contributed by atoms with van der Waals surface area (Å²) in [7, 11) is 0. The monoisotopic (exact) mass is 248 g/mol. The fourth-order valence-corrected chi connectivity index (χ4v) is 2.48. The maximum absolute atomic E-state index is 12.1. The Morgan fingerprint density at radius 3 is 2.44 bits per heavy atom. The van der Waals surface area contributed by atoms with Crippen molar-refractivity contribution in [1.29, 1.82) is 0 Å². The van der Waals surface area contributed by atoms with Crippen LogP contribution in [-0.2, 0) is 9.53 Å². The number of halogens is 1. The van der Waals surface area contributed by atoms with E-state index >= 15 is 0 Å². The second-order valence-electron chi connectivity index (χ2n) is 4.69. The summed E-state index contributed by atoms with van der Waals surface area (Å²) in [5.41, 5.74) is 0. The van der Waals surface area contributed by atoms with E-state index in [9.17, 15) is 4.79 Å². The first-order valence-corrected chi connectivity index (χ1v) is 5.82. The van der Waals surface area contributed by atoms with Crippen molar-refractivity contribution in [1.82, 2.24) is 10.2 Å². The minimum atomic E-state index is 0. The number of ether oxygens (including phenoxy) is 1. The Hall–Kier alpha value is -0.320. The largest absolute Gasteiger partial charge is 0.372 e. The van der Waals surface area contributed by atoms with Crippen LogP contribution >= 0.6 is 12.4 Å². The predicted octanol–water partition coefficient (Wildman–Crippen LogP) is 0.654. The summed E-state index contributed by atoms with van der Waals surface area (Å²) in [5, 5.41) is 3.24. The lowest BCUT2D eigenvalue weighted by molar-refractivity contribution is -0.146. The molecule has 0 saturated carbocycles. The highest BCUT2D eigenvalue weighted by Gasteiger charge is 2.31. The van der Waals surface area contributed by atoms with Crippen molar-refractivity contribution in [2.24, 2.45) is 5.92 Å². The van der Waals surface area contributed by atoms with Gasteiger partial charge in [-0.25, -0.2) is 0 Å². The number of hydrogen-bond donors (Lipinski definition) is 1. The fourth-order valence-electron chi connectivity index (χ4n) is 2.48. The third-order valence-electron chi connectivity index (χ3n) is 3.14. The van der Waals surface area contributed by atoms with Gasteiger partial charge in [-0.3, -0.25) is 4.79 Å². The third kappa shape index (κ3) is 3.09. The summed E-state index contributed by atoms with van der Waals surface area (Å²) < 4.78 is 5.62. The maximum Gasteiger partial charge on any atom is 0.227 e. The molecular weight excluding hydrogens is 228 g/mol. The van der Waals surface area contributed by atoms with Crippen molar-refractivity contribution in [3.8, 4) is 0 Å². The topological polar surface area (TPSA) is 41.6 Å². The van der Waals surface area contributed by atoms with Gasteiger partial charge >= 0.3 is 0 Å². The van der Waals surface area contributed by atoms with E-state index in [0.717, 1.165) is 32.6 Å². The number of amides is 1. The van der Waals surface area contributed by atoms with Gasteiger partial charge in [0.1, 0.15) is 0 Å². The quantitative estimate of drug-likeness (QED) is 0.741. The third-order valence-corrected chi connectivity index (χ3v) is 3.14. The van der Waals surface area contributed by atoms with Crippen molar-refractivity contribution < 1.29 is 9.53 Å². The van der Waals surface area contributed by atoms with E-state index in [2.05, 4.69) is 5.32 Å². The molecule has 94 valence electrons. The van der Waals surface area contributed by atoms with Gasteiger partial charge in [-0.1, -0.05) is 0 Å². The smallest absolute Gasteiger partial charge is 0.227 e. The van der Waals surface area contributed by atoms with Crippen LogP contribution in [0.1, 0.15) is 20.3 Å². The maximum atomic E-state index is 12.1. The van der Waals surface area contributed by atoms with Crippen LogP contribution in [0.5, 0.6) is 0 Å². The van der Waals surface area contributed by atoms with E-state index in [1.165, 1.54) is 0 Å². The zero-order valence-corrected chi connectivity index (χ0v) is 10.8. The number of nitrogens with zero attached hydrogens (tertiary/aromatic N) is 1. The molecule has 0 aromatic rings. The van der Waals surface area contributed by atoms with E-state index in [0.29, 0.717) is 5.91 Å². The molecule has 2 aliphatic heterocycles. The minimum absolute atomic E-state index is 0. The van der Waals surface area contributed by atoms with E-state index in [4.69, 9.17) is 4.74 Å². The molecule has 0 aliphatic carbocycles. The number of carbonyl (C=O) groups excluding carboxylic acids is 1. The SMILES string of the molecule is CC1CN(C(=O)[C@H]2CCNC2)CC(C)O1.Cl. The van der Waals surface area contributed by atoms with Crippen LogP contribution in [-0.4, -0.2) is 49.2 Å². The van der Waals surface area contributed by atoms with Crippen molar-refractivity contribution in [2.45, 2.75) is 32.5 Å². The molecule has 0 aromatic heterocycles. The zero-order chi connectivity index (χ0) is 10.8. The Labute approximate surface area is 103 Å². The Morgan fingerprint density at radius 1 is 1.31 bits per heavy atom. The van der Waals surface area contributed by atoms with Crippen LogP contribution in [0.15, 0.2) is 0 Å². The molecule has 16 heavy (non-hydrogen) atoms. The minimum Gasteiger partial charge on any atom is -0.372 e. The molecule has 3 atom stereocenters. The Balaban J connectivity index is 0.00000128. The zero-order valence-electron chi connectivity index (χ0n) is 9.94. The number of nitrogens with one attached hydrogen (secondary N) is 1. The van der Waals surface area contributed by atoms with E-state index < -0.39 is 0 Å². The first-order chi connectivity index (χ1) is 7.16. The highest BCUT2D eigenvalue weighted by Crippen LogP contribution is 2.17. The number of carbonyl (C=O) groups is 1. The molecule has 2 heterocycles. The fraction of sp³-hybridized carbons (Fsp3) is 0.909. The average molecular weight is 249 g/mol. The molecule has 0 bridgehead atoms. The normalized spacial score (nSPS) is 34.6. The lowest BCUT2D eigenvalue weighted by Gasteiger charge is -2.36.